The van der Waals surface area contributed by atoms with Gasteiger partial charge in [-0.1, -0.05) is 306 Å². The molecule has 17 nitrogen and oxygen atoms in total. The fourth-order valence-electron chi connectivity index (χ4n) is 10.8. The van der Waals surface area contributed by atoms with E-state index in [4.69, 9.17) is 37.0 Å². The van der Waals surface area contributed by atoms with Crippen LogP contribution in [0.4, 0.5) is 0 Å². The molecule has 19 heteroatoms. The van der Waals surface area contributed by atoms with E-state index in [1.165, 1.54) is 154 Å². The number of ether oxygens (including phenoxy) is 4. The van der Waals surface area contributed by atoms with Crippen LogP contribution in [0.3, 0.4) is 0 Å². The Morgan fingerprint density at radius 1 is 0.308 bits per heavy atom. The van der Waals surface area contributed by atoms with Crippen molar-refractivity contribution in [2.24, 2.45) is 23.7 Å². The molecule has 0 radical (unpaired) electrons. The number of rotatable bonds is 69. The molecule has 0 rings (SSSR count). The van der Waals surface area contributed by atoms with E-state index in [1.54, 1.807) is 0 Å². The van der Waals surface area contributed by atoms with Gasteiger partial charge in [-0.15, -0.1) is 0 Å². The molecule has 0 aliphatic rings. The van der Waals surface area contributed by atoms with Gasteiger partial charge in [0.25, 0.3) is 0 Å². The van der Waals surface area contributed by atoms with Gasteiger partial charge in [-0.25, -0.2) is 9.13 Å². The van der Waals surface area contributed by atoms with Crippen molar-refractivity contribution in [2.45, 2.75) is 375 Å². The summed E-state index contributed by atoms with van der Waals surface area (Å²) in [6, 6.07) is 0. The molecule has 0 saturated heterocycles. The average molecular weight is 1340 g/mol. The Morgan fingerprint density at radius 2 is 0.527 bits per heavy atom. The zero-order chi connectivity index (χ0) is 67.5. The van der Waals surface area contributed by atoms with Crippen LogP contribution in [0.25, 0.3) is 0 Å². The molecule has 0 amide bonds. The summed E-state index contributed by atoms with van der Waals surface area (Å²) in [5.74, 6) is 0.865. The number of carbonyl (C=O) groups excluding carboxylic acids is 4. The van der Waals surface area contributed by atoms with E-state index in [0.717, 1.165) is 114 Å². The van der Waals surface area contributed by atoms with Crippen LogP contribution in [0, 0.1) is 23.7 Å². The predicted octanol–water partition coefficient (Wildman–Crippen LogP) is 20.5. The third kappa shape index (κ3) is 65.1. The van der Waals surface area contributed by atoms with E-state index in [-0.39, 0.29) is 25.7 Å². The van der Waals surface area contributed by atoms with Gasteiger partial charge in [0.2, 0.25) is 0 Å². The molecule has 0 aliphatic carbocycles. The molecule has 0 aliphatic heterocycles. The third-order valence-electron chi connectivity index (χ3n) is 16.9. The minimum atomic E-state index is -4.95. The van der Waals surface area contributed by atoms with Gasteiger partial charge in [-0.3, -0.25) is 37.3 Å². The van der Waals surface area contributed by atoms with Crippen molar-refractivity contribution in [2.75, 3.05) is 39.6 Å². The molecule has 0 aromatic rings. The maximum atomic E-state index is 13.0. The summed E-state index contributed by atoms with van der Waals surface area (Å²) in [5, 5.41) is 10.6. The lowest BCUT2D eigenvalue weighted by Gasteiger charge is -2.21. The van der Waals surface area contributed by atoms with E-state index < -0.39 is 97.5 Å². The normalized spacial score (nSPS) is 14.5. The first-order chi connectivity index (χ1) is 43.6. The molecule has 91 heavy (non-hydrogen) atoms. The van der Waals surface area contributed by atoms with Crippen molar-refractivity contribution in [1.29, 1.82) is 0 Å². The Labute approximate surface area is 556 Å². The van der Waals surface area contributed by atoms with Crippen LogP contribution in [0.5, 0.6) is 0 Å². The molecular formula is C72H140O17P2. The van der Waals surface area contributed by atoms with Gasteiger partial charge in [0.15, 0.2) is 12.2 Å². The van der Waals surface area contributed by atoms with Crippen LogP contribution in [-0.2, 0) is 65.4 Å². The van der Waals surface area contributed by atoms with E-state index >= 15 is 0 Å². The smallest absolute Gasteiger partial charge is 0.462 e. The minimum absolute atomic E-state index is 0.102. The fourth-order valence-corrected chi connectivity index (χ4v) is 12.4. The standard InChI is InChI=1S/C72H140O17P2/c1-9-65(8)51-43-35-30-31-37-45-53-70(75)83-59-68(89-72(77)55-47-39-29-23-26-34-42-50-64(6)7)61-87-91(80,81)85-57-66(73)56-84-90(78,79)86-60-67(88-71(76)54-46-38-28-22-18-14-13-16-20-25-33-41-49-63(4)5)58-82-69(74)52-44-36-27-21-17-12-10-11-15-19-24-32-40-48-62(2)3/h62-68,73H,9-61H2,1-8H3,(H,78,79)(H,80,81)/t65?,66-,67-,68-/m1/s1. The Hall–Kier alpha value is -1.94. The molecule has 6 atom stereocenters. The molecule has 540 valence electrons. The highest BCUT2D eigenvalue weighted by atomic mass is 31.2. The van der Waals surface area contributed by atoms with E-state index in [0.29, 0.717) is 31.6 Å². The molecule has 0 saturated carbocycles. The zero-order valence-corrected chi connectivity index (χ0v) is 61.3. The lowest BCUT2D eigenvalue weighted by molar-refractivity contribution is -0.161. The molecule has 0 heterocycles. The number of unbranched alkanes of at least 4 members (excludes halogenated alkanes) is 34. The van der Waals surface area contributed by atoms with Crippen LogP contribution < -0.4 is 0 Å². The largest absolute Gasteiger partial charge is 0.472 e. The van der Waals surface area contributed by atoms with Crippen molar-refractivity contribution >= 4 is 39.5 Å². The molecule has 3 unspecified atom stereocenters. The van der Waals surface area contributed by atoms with Crippen LogP contribution in [0.15, 0.2) is 0 Å². The number of hydrogen-bond acceptors (Lipinski definition) is 15. The maximum absolute atomic E-state index is 13.0. The molecule has 0 spiro atoms. The van der Waals surface area contributed by atoms with E-state index in [1.807, 2.05) is 0 Å². The average Bonchev–Trinajstić information content (AvgIpc) is 3.67. The van der Waals surface area contributed by atoms with Crippen LogP contribution in [-0.4, -0.2) is 96.7 Å². The van der Waals surface area contributed by atoms with Crippen LogP contribution in [0.1, 0.15) is 357 Å². The summed E-state index contributed by atoms with van der Waals surface area (Å²) in [6.07, 6.45) is 44.5. The SMILES string of the molecule is CCC(C)CCCCCCCCC(=O)OC[C@H](COP(=O)(O)OC[C@H](O)COP(=O)(O)OC[C@@H](COC(=O)CCCCCCCCCCCCCCCC(C)C)OC(=O)CCCCCCCCCCCCCCC(C)C)OC(=O)CCCCCCCCCC(C)C. The van der Waals surface area contributed by atoms with Crippen molar-refractivity contribution in [3.05, 3.63) is 0 Å². The van der Waals surface area contributed by atoms with Gasteiger partial charge in [0, 0.05) is 25.7 Å². The number of esters is 4. The summed E-state index contributed by atoms with van der Waals surface area (Å²) >= 11 is 0. The molecule has 0 aromatic carbocycles. The molecule has 0 aromatic heterocycles. The lowest BCUT2D eigenvalue weighted by Crippen LogP contribution is -2.30. The molecule has 0 fully saturated rings. The third-order valence-corrected chi connectivity index (χ3v) is 18.8. The van der Waals surface area contributed by atoms with Crippen molar-refractivity contribution in [3.63, 3.8) is 0 Å². The summed E-state index contributed by atoms with van der Waals surface area (Å²) in [5.41, 5.74) is 0. The number of carbonyl (C=O) groups is 4. The highest BCUT2D eigenvalue weighted by molar-refractivity contribution is 7.47. The second kappa shape index (κ2) is 61.6. The minimum Gasteiger partial charge on any atom is -0.462 e. The highest BCUT2D eigenvalue weighted by Crippen LogP contribution is 2.45. The number of aliphatic hydroxyl groups is 1. The Bertz CT molecular complexity index is 1800. The zero-order valence-electron chi connectivity index (χ0n) is 59.5. The van der Waals surface area contributed by atoms with Gasteiger partial charge in [-0.2, -0.15) is 0 Å². The lowest BCUT2D eigenvalue weighted by atomic mass is 10.00. The van der Waals surface area contributed by atoms with Crippen LogP contribution in [0.2, 0.25) is 0 Å². The van der Waals surface area contributed by atoms with Crippen LogP contribution >= 0.6 is 15.6 Å². The summed E-state index contributed by atoms with van der Waals surface area (Å²) in [7, 11) is -9.91. The first-order valence-corrected chi connectivity index (χ1v) is 40.2. The summed E-state index contributed by atoms with van der Waals surface area (Å²) in [4.78, 5) is 72.6. The second-order valence-electron chi connectivity index (χ2n) is 27.6. The predicted molar refractivity (Wildman–Crippen MR) is 367 cm³/mol. The highest BCUT2D eigenvalue weighted by Gasteiger charge is 2.30. The van der Waals surface area contributed by atoms with Gasteiger partial charge in [-0.05, 0) is 49.4 Å². The van der Waals surface area contributed by atoms with Crippen molar-refractivity contribution in [3.8, 4) is 0 Å². The molecule has 3 N–H and O–H groups in total. The second-order valence-corrected chi connectivity index (χ2v) is 30.6. The summed E-state index contributed by atoms with van der Waals surface area (Å²) in [6.45, 7) is 14.1. The van der Waals surface area contributed by atoms with Crippen molar-refractivity contribution < 1.29 is 80.2 Å². The van der Waals surface area contributed by atoms with E-state index in [9.17, 15) is 43.2 Å². The summed E-state index contributed by atoms with van der Waals surface area (Å²) < 4.78 is 68.3. The fraction of sp³-hybridized carbons (Fsp3) is 0.944. The number of phosphoric ester groups is 2. The van der Waals surface area contributed by atoms with Gasteiger partial charge < -0.3 is 33.8 Å². The van der Waals surface area contributed by atoms with E-state index in [2.05, 4.69) is 55.4 Å². The topological polar surface area (TPSA) is 237 Å². The first-order valence-electron chi connectivity index (χ1n) is 37.2. The monoisotopic (exact) mass is 1340 g/mol. The quantitative estimate of drug-likeness (QED) is 0.0222. The number of phosphoric acid groups is 2. The Kier molecular flexibility index (Phi) is 60.3. The Balaban J connectivity index is 5.24. The van der Waals surface area contributed by atoms with Gasteiger partial charge >= 0.3 is 39.5 Å². The van der Waals surface area contributed by atoms with Gasteiger partial charge in [0.05, 0.1) is 26.4 Å². The molecular weight excluding hydrogens is 1200 g/mol. The van der Waals surface area contributed by atoms with Gasteiger partial charge in [0.1, 0.15) is 19.3 Å². The Morgan fingerprint density at radius 3 is 0.780 bits per heavy atom. The molecule has 0 bridgehead atoms. The van der Waals surface area contributed by atoms with Crippen molar-refractivity contribution in [1.82, 2.24) is 0 Å². The first kappa shape index (κ1) is 89.1. The number of hydrogen-bond donors (Lipinski definition) is 3. The number of aliphatic hydroxyl groups excluding tert-OH is 1. The maximum Gasteiger partial charge on any atom is 0.472 e.